The summed E-state index contributed by atoms with van der Waals surface area (Å²) in [5.74, 6) is 0.573. The number of rotatable bonds is 6. The molecule has 0 radical (unpaired) electrons. The van der Waals surface area contributed by atoms with E-state index in [4.69, 9.17) is 0 Å². The van der Waals surface area contributed by atoms with Gasteiger partial charge in [-0.25, -0.2) is 4.52 Å². The highest BCUT2D eigenvalue weighted by molar-refractivity contribution is 7.89. The zero-order valence-corrected chi connectivity index (χ0v) is 16.7. The maximum atomic E-state index is 12.9. The third-order valence-electron chi connectivity index (χ3n) is 4.98. The molecule has 0 unspecified atom stereocenters. The summed E-state index contributed by atoms with van der Waals surface area (Å²) in [4.78, 5) is 10.2. The number of hydrogen-bond donors (Lipinski definition) is 0. The molecule has 0 amide bonds. The SMILES string of the molecule is Cc1cccc([N+](=O)[O-])c1S(=O)(=O)N(C)/N=C\c1cnn2ccc(C3CC3)cc12. The van der Waals surface area contributed by atoms with Crippen LogP contribution in [0, 0.1) is 17.0 Å². The van der Waals surface area contributed by atoms with Crippen molar-refractivity contribution in [3.8, 4) is 0 Å². The first-order chi connectivity index (χ1) is 13.8. The van der Waals surface area contributed by atoms with Gasteiger partial charge >= 0.3 is 0 Å². The first-order valence-corrected chi connectivity index (χ1v) is 10.5. The van der Waals surface area contributed by atoms with Gasteiger partial charge in [-0.2, -0.15) is 23.0 Å². The molecule has 0 bridgehead atoms. The number of hydrogen-bond acceptors (Lipinski definition) is 6. The molecule has 0 aliphatic heterocycles. The van der Waals surface area contributed by atoms with Gasteiger partial charge in [0.05, 0.1) is 22.9 Å². The van der Waals surface area contributed by atoms with Gasteiger partial charge in [0.15, 0.2) is 4.90 Å². The average molecular weight is 413 g/mol. The van der Waals surface area contributed by atoms with Crippen molar-refractivity contribution in [3.63, 3.8) is 0 Å². The standard InChI is InChI=1S/C19H19N5O4S/c1-13-4-3-5-17(24(25)26)19(13)29(27,28)22(2)20-11-16-12-21-23-9-8-15(10-18(16)23)14-6-7-14/h3-5,8-12,14H,6-7H2,1-2H3/b20-11-. The van der Waals surface area contributed by atoms with Crippen molar-refractivity contribution in [2.45, 2.75) is 30.6 Å². The maximum absolute atomic E-state index is 12.9. The van der Waals surface area contributed by atoms with Crippen molar-refractivity contribution in [1.29, 1.82) is 0 Å². The van der Waals surface area contributed by atoms with Gasteiger partial charge in [0.25, 0.3) is 15.7 Å². The van der Waals surface area contributed by atoms with Crippen LogP contribution in [0.15, 0.2) is 52.7 Å². The van der Waals surface area contributed by atoms with E-state index in [9.17, 15) is 18.5 Å². The van der Waals surface area contributed by atoms with E-state index in [1.54, 1.807) is 10.7 Å². The fourth-order valence-corrected chi connectivity index (χ4v) is 4.56. The minimum absolute atomic E-state index is 0.284. The van der Waals surface area contributed by atoms with Crippen molar-refractivity contribution in [2.75, 3.05) is 7.05 Å². The summed E-state index contributed by atoms with van der Waals surface area (Å²) in [6.45, 7) is 1.52. The molecule has 1 fully saturated rings. The van der Waals surface area contributed by atoms with Crippen LogP contribution in [0.5, 0.6) is 0 Å². The number of fused-ring (bicyclic) bond motifs is 1. The molecular weight excluding hydrogens is 394 g/mol. The molecule has 3 aromatic rings. The summed E-state index contributed by atoms with van der Waals surface area (Å²) >= 11 is 0. The molecule has 9 nitrogen and oxygen atoms in total. The lowest BCUT2D eigenvalue weighted by Gasteiger charge is -2.15. The number of hydrazone groups is 1. The van der Waals surface area contributed by atoms with Crippen LogP contribution in [0.4, 0.5) is 5.69 Å². The van der Waals surface area contributed by atoms with Crippen LogP contribution in [0.25, 0.3) is 5.52 Å². The quantitative estimate of drug-likeness (QED) is 0.350. The van der Waals surface area contributed by atoms with Crippen LogP contribution in [0.2, 0.25) is 0 Å². The lowest BCUT2D eigenvalue weighted by atomic mass is 10.1. The molecule has 2 heterocycles. The molecule has 10 heteroatoms. The van der Waals surface area contributed by atoms with E-state index in [1.807, 2.05) is 18.3 Å². The highest BCUT2D eigenvalue weighted by atomic mass is 32.2. The monoisotopic (exact) mass is 413 g/mol. The number of benzene rings is 1. The maximum Gasteiger partial charge on any atom is 0.290 e. The molecule has 2 aromatic heterocycles. The van der Waals surface area contributed by atoms with Crippen molar-refractivity contribution in [1.82, 2.24) is 14.0 Å². The van der Waals surface area contributed by atoms with E-state index >= 15 is 0 Å². The van der Waals surface area contributed by atoms with Crippen LogP contribution < -0.4 is 0 Å². The lowest BCUT2D eigenvalue weighted by Crippen LogP contribution is -2.23. The van der Waals surface area contributed by atoms with Gasteiger partial charge in [-0.1, -0.05) is 12.1 Å². The molecule has 0 saturated heterocycles. The molecule has 150 valence electrons. The molecule has 0 spiro atoms. The third-order valence-corrected chi connectivity index (χ3v) is 6.81. The highest BCUT2D eigenvalue weighted by Crippen LogP contribution is 2.40. The molecule has 1 aliphatic carbocycles. The summed E-state index contributed by atoms with van der Waals surface area (Å²) < 4.78 is 28.3. The summed E-state index contributed by atoms with van der Waals surface area (Å²) in [6, 6.07) is 8.20. The van der Waals surface area contributed by atoms with E-state index in [0.717, 1.165) is 9.93 Å². The van der Waals surface area contributed by atoms with Gasteiger partial charge in [0.2, 0.25) is 0 Å². The Hall–Kier alpha value is -3.27. The van der Waals surface area contributed by atoms with Gasteiger partial charge < -0.3 is 0 Å². The lowest BCUT2D eigenvalue weighted by molar-refractivity contribution is -0.387. The van der Waals surface area contributed by atoms with Crippen LogP contribution in [0.1, 0.15) is 35.4 Å². The number of pyridine rings is 1. The van der Waals surface area contributed by atoms with Crippen LogP contribution >= 0.6 is 0 Å². The van der Waals surface area contributed by atoms with Crippen LogP contribution in [-0.4, -0.2) is 40.6 Å². The van der Waals surface area contributed by atoms with Crippen molar-refractivity contribution < 1.29 is 13.3 Å². The summed E-state index contributed by atoms with van der Waals surface area (Å²) in [5, 5.41) is 19.6. The normalized spacial score (nSPS) is 14.6. The van der Waals surface area contributed by atoms with Crippen LogP contribution in [0.3, 0.4) is 0 Å². The number of nitro benzene ring substituents is 1. The first-order valence-electron chi connectivity index (χ1n) is 9.03. The van der Waals surface area contributed by atoms with E-state index in [1.165, 1.54) is 56.8 Å². The van der Waals surface area contributed by atoms with Gasteiger partial charge in [-0.05, 0) is 48.9 Å². The van der Waals surface area contributed by atoms with Gasteiger partial charge in [-0.3, -0.25) is 10.1 Å². The second-order valence-corrected chi connectivity index (χ2v) is 8.92. The topological polar surface area (TPSA) is 110 Å². The Balaban J connectivity index is 1.68. The summed E-state index contributed by atoms with van der Waals surface area (Å²) in [7, 11) is -2.94. The van der Waals surface area contributed by atoms with Gasteiger partial charge in [0.1, 0.15) is 0 Å². The number of aryl methyl sites for hydroxylation is 1. The molecule has 1 aliphatic rings. The first kappa shape index (κ1) is 19.1. The zero-order chi connectivity index (χ0) is 20.8. The van der Waals surface area contributed by atoms with E-state index in [2.05, 4.69) is 10.2 Å². The average Bonchev–Trinajstić information content (AvgIpc) is 3.46. The molecule has 0 N–H and O–H groups in total. The minimum Gasteiger partial charge on any atom is -0.258 e. The number of nitrogens with zero attached hydrogens (tertiary/aromatic N) is 5. The molecule has 0 atom stereocenters. The second-order valence-electron chi connectivity index (χ2n) is 7.03. The molecule has 1 aromatic carbocycles. The van der Waals surface area contributed by atoms with Crippen molar-refractivity contribution >= 4 is 27.4 Å². The highest BCUT2D eigenvalue weighted by Gasteiger charge is 2.31. The Kier molecular flexibility index (Phi) is 4.58. The Morgan fingerprint density at radius 2 is 2.10 bits per heavy atom. The molecule has 1 saturated carbocycles. The minimum atomic E-state index is -4.20. The van der Waals surface area contributed by atoms with E-state index in [-0.39, 0.29) is 10.5 Å². The molecule has 4 rings (SSSR count). The van der Waals surface area contributed by atoms with Gasteiger partial charge in [0, 0.05) is 24.9 Å². The molecular formula is C19H19N5O4S. The zero-order valence-electron chi connectivity index (χ0n) is 15.9. The van der Waals surface area contributed by atoms with Gasteiger partial charge in [-0.15, -0.1) is 0 Å². The summed E-state index contributed by atoms with van der Waals surface area (Å²) in [6.07, 6.45) is 7.22. The van der Waals surface area contributed by atoms with Crippen molar-refractivity contribution in [2.24, 2.45) is 5.10 Å². The largest absolute Gasteiger partial charge is 0.290 e. The fraction of sp³-hybridized carbons (Fsp3) is 0.263. The Labute approximate surface area is 167 Å². The Bertz CT molecular complexity index is 1240. The third kappa shape index (κ3) is 3.46. The smallest absolute Gasteiger partial charge is 0.258 e. The van der Waals surface area contributed by atoms with E-state index in [0.29, 0.717) is 11.5 Å². The number of nitro groups is 1. The summed E-state index contributed by atoms with van der Waals surface area (Å²) in [5.41, 5.74) is 2.52. The van der Waals surface area contributed by atoms with Crippen LogP contribution in [-0.2, 0) is 10.0 Å². The Morgan fingerprint density at radius 3 is 2.79 bits per heavy atom. The van der Waals surface area contributed by atoms with E-state index < -0.39 is 20.6 Å². The second kappa shape index (κ2) is 6.96. The number of aromatic nitrogens is 2. The fourth-order valence-electron chi connectivity index (χ4n) is 3.24. The predicted molar refractivity (Wildman–Crippen MR) is 108 cm³/mol. The van der Waals surface area contributed by atoms with Crippen molar-refractivity contribution in [3.05, 3.63) is 69.5 Å². The molecule has 29 heavy (non-hydrogen) atoms. The predicted octanol–water partition coefficient (Wildman–Crippen LogP) is 3.08. The Morgan fingerprint density at radius 1 is 1.34 bits per heavy atom. The number of sulfonamides is 1.